The van der Waals surface area contributed by atoms with Gasteiger partial charge in [0, 0.05) is 5.41 Å². The van der Waals surface area contributed by atoms with Crippen LogP contribution in [0, 0.1) is 5.41 Å². The summed E-state index contributed by atoms with van der Waals surface area (Å²) in [5, 5.41) is 0. The normalized spacial score (nSPS) is 35.2. The fourth-order valence-corrected chi connectivity index (χ4v) is 1.27. The molecule has 0 saturated carbocycles. The number of hydrogen-bond acceptors (Lipinski definition) is 3. The van der Waals surface area contributed by atoms with E-state index in [2.05, 4.69) is 0 Å². The Balaban J connectivity index is 2.93. The van der Waals surface area contributed by atoms with E-state index in [1.807, 2.05) is 27.7 Å². The smallest absolute Gasteiger partial charge is 0.277 e. The van der Waals surface area contributed by atoms with Crippen LogP contribution in [0.3, 0.4) is 0 Å². The molecule has 1 aliphatic heterocycles. The Hall–Kier alpha value is -0.610. The molecule has 0 aromatic heterocycles. The molecule has 2 N–H and O–H groups in total. The maximum atomic E-state index is 11.1. The molecule has 4 heteroatoms. The van der Waals surface area contributed by atoms with Crippen LogP contribution in [-0.2, 0) is 14.3 Å². The van der Waals surface area contributed by atoms with Crippen LogP contribution in [0.1, 0.15) is 34.6 Å². The Morgan fingerprint density at radius 3 is 2.07 bits per heavy atom. The molecule has 0 aromatic rings. The van der Waals surface area contributed by atoms with Crippen molar-refractivity contribution in [1.82, 2.24) is 0 Å². The van der Waals surface area contributed by atoms with Gasteiger partial charge in [-0.3, -0.25) is 4.79 Å². The minimum Gasteiger partial charge on any atom is -0.365 e. The fraction of sp³-hybridized carbons (Fsp3) is 0.900. The van der Waals surface area contributed by atoms with Crippen LogP contribution < -0.4 is 5.73 Å². The van der Waals surface area contributed by atoms with Gasteiger partial charge in [0.2, 0.25) is 5.79 Å². The second-order valence-corrected chi connectivity index (χ2v) is 5.09. The summed E-state index contributed by atoms with van der Waals surface area (Å²) >= 11 is 0. The quantitative estimate of drug-likeness (QED) is 0.689. The monoisotopic (exact) mass is 201 g/mol. The lowest BCUT2D eigenvalue weighted by molar-refractivity contribution is -0.332. The largest absolute Gasteiger partial charge is 0.365 e. The van der Waals surface area contributed by atoms with Crippen molar-refractivity contribution in [1.29, 1.82) is 0 Å². The van der Waals surface area contributed by atoms with Gasteiger partial charge in [0.05, 0.1) is 12.2 Å². The topological polar surface area (TPSA) is 61.6 Å². The average Bonchev–Trinajstić information content (AvgIpc) is 1.97. The number of rotatable bonds is 1. The first-order valence-electron chi connectivity index (χ1n) is 4.75. The molecule has 1 heterocycles. The summed E-state index contributed by atoms with van der Waals surface area (Å²) in [5.41, 5.74) is 4.65. The molecule has 0 aromatic carbocycles. The van der Waals surface area contributed by atoms with Crippen molar-refractivity contribution in [3.8, 4) is 0 Å². The zero-order valence-electron chi connectivity index (χ0n) is 9.51. The molecule has 0 radical (unpaired) electrons. The number of ether oxygens (including phenoxy) is 2. The molecule has 1 atom stereocenters. The Bertz CT molecular complexity index is 260. The van der Waals surface area contributed by atoms with E-state index in [4.69, 9.17) is 15.2 Å². The maximum absolute atomic E-state index is 11.1. The first-order chi connectivity index (χ1) is 6.11. The third-order valence-corrected chi connectivity index (χ3v) is 3.24. The maximum Gasteiger partial charge on any atom is 0.277 e. The van der Waals surface area contributed by atoms with Crippen molar-refractivity contribution in [3.63, 3.8) is 0 Å². The van der Waals surface area contributed by atoms with E-state index in [0.717, 1.165) is 0 Å². The Kier molecular flexibility index (Phi) is 2.41. The van der Waals surface area contributed by atoms with Gasteiger partial charge in [0.25, 0.3) is 5.91 Å². The zero-order valence-corrected chi connectivity index (χ0v) is 9.51. The van der Waals surface area contributed by atoms with Crippen molar-refractivity contribution in [2.75, 3.05) is 6.61 Å². The average molecular weight is 201 g/mol. The van der Waals surface area contributed by atoms with Crippen LogP contribution in [0.15, 0.2) is 0 Å². The molecule has 1 rings (SSSR count). The molecule has 1 aliphatic rings. The van der Waals surface area contributed by atoms with Crippen molar-refractivity contribution in [2.24, 2.45) is 11.1 Å². The molecule has 1 saturated heterocycles. The van der Waals surface area contributed by atoms with Crippen molar-refractivity contribution < 1.29 is 14.3 Å². The molecule has 0 aliphatic carbocycles. The van der Waals surface area contributed by atoms with Crippen LogP contribution in [0.2, 0.25) is 0 Å². The third kappa shape index (κ3) is 1.64. The number of primary amides is 1. The standard InChI is InChI=1S/C10H19NO3/c1-8(2)6-13-10(5,7(11)12)14-9(8,3)4/h6H2,1-5H3,(H2,11,12). The van der Waals surface area contributed by atoms with Crippen LogP contribution >= 0.6 is 0 Å². The van der Waals surface area contributed by atoms with E-state index in [-0.39, 0.29) is 5.41 Å². The lowest BCUT2D eigenvalue weighted by Gasteiger charge is -2.51. The molecule has 0 spiro atoms. The van der Waals surface area contributed by atoms with Crippen LogP contribution in [0.4, 0.5) is 0 Å². The summed E-state index contributed by atoms with van der Waals surface area (Å²) in [4.78, 5) is 11.1. The fourth-order valence-electron chi connectivity index (χ4n) is 1.27. The van der Waals surface area contributed by atoms with Crippen molar-refractivity contribution in [3.05, 3.63) is 0 Å². The summed E-state index contributed by atoms with van der Waals surface area (Å²) in [5.74, 6) is -1.87. The van der Waals surface area contributed by atoms with Crippen molar-refractivity contribution in [2.45, 2.75) is 46.0 Å². The van der Waals surface area contributed by atoms with E-state index in [1.54, 1.807) is 6.92 Å². The van der Waals surface area contributed by atoms with Gasteiger partial charge in [-0.15, -0.1) is 0 Å². The van der Waals surface area contributed by atoms with E-state index >= 15 is 0 Å². The predicted octanol–water partition coefficient (Wildman–Crippen LogP) is 1.04. The summed E-state index contributed by atoms with van der Waals surface area (Å²) in [6.45, 7) is 9.97. The van der Waals surface area contributed by atoms with Gasteiger partial charge in [-0.25, -0.2) is 0 Å². The molecule has 1 unspecified atom stereocenters. The SMILES string of the molecule is CC1(C(N)=O)OCC(C)(C)C(C)(C)O1. The van der Waals surface area contributed by atoms with Gasteiger partial charge < -0.3 is 15.2 Å². The number of hydrogen-bond donors (Lipinski definition) is 1. The van der Waals surface area contributed by atoms with Gasteiger partial charge in [-0.1, -0.05) is 13.8 Å². The highest BCUT2D eigenvalue weighted by Gasteiger charge is 2.52. The highest BCUT2D eigenvalue weighted by Crippen LogP contribution is 2.42. The van der Waals surface area contributed by atoms with E-state index in [1.165, 1.54) is 0 Å². The molecule has 4 nitrogen and oxygen atoms in total. The van der Waals surface area contributed by atoms with Crippen molar-refractivity contribution >= 4 is 5.91 Å². The molecular weight excluding hydrogens is 182 g/mol. The molecule has 82 valence electrons. The van der Waals surface area contributed by atoms with Gasteiger partial charge >= 0.3 is 0 Å². The van der Waals surface area contributed by atoms with E-state index in [0.29, 0.717) is 6.61 Å². The number of carbonyl (C=O) groups is 1. The summed E-state index contributed by atoms with van der Waals surface area (Å²) in [6, 6.07) is 0. The Morgan fingerprint density at radius 2 is 1.71 bits per heavy atom. The van der Waals surface area contributed by atoms with Gasteiger partial charge in [-0.2, -0.15) is 0 Å². The molecule has 14 heavy (non-hydrogen) atoms. The van der Waals surface area contributed by atoms with Gasteiger partial charge in [0.1, 0.15) is 0 Å². The Morgan fingerprint density at radius 1 is 1.21 bits per heavy atom. The zero-order chi connectivity index (χ0) is 11.2. The summed E-state index contributed by atoms with van der Waals surface area (Å²) in [7, 11) is 0. The highest BCUT2D eigenvalue weighted by molar-refractivity contribution is 5.81. The number of carbonyl (C=O) groups excluding carboxylic acids is 1. The lowest BCUT2D eigenvalue weighted by atomic mass is 9.76. The molecule has 1 fully saturated rings. The summed E-state index contributed by atoms with van der Waals surface area (Å²) < 4.78 is 11.0. The molecule has 1 amide bonds. The Labute approximate surface area is 84.7 Å². The first kappa shape index (κ1) is 11.5. The van der Waals surface area contributed by atoms with E-state index in [9.17, 15) is 4.79 Å². The third-order valence-electron chi connectivity index (χ3n) is 3.24. The minimum absolute atomic E-state index is 0.137. The van der Waals surface area contributed by atoms with Crippen LogP contribution in [0.25, 0.3) is 0 Å². The lowest BCUT2D eigenvalue weighted by Crippen LogP contribution is -2.61. The molecule has 0 bridgehead atoms. The van der Waals surface area contributed by atoms with Gasteiger partial charge in [0.15, 0.2) is 0 Å². The van der Waals surface area contributed by atoms with Crippen LogP contribution in [-0.4, -0.2) is 23.9 Å². The minimum atomic E-state index is -1.29. The highest BCUT2D eigenvalue weighted by atomic mass is 16.7. The number of nitrogens with two attached hydrogens (primary N) is 1. The van der Waals surface area contributed by atoms with Crippen LogP contribution in [0.5, 0.6) is 0 Å². The summed E-state index contributed by atoms with van der Waals surface area (Å²) in [6.07, 6.45) is 0. The first-order valence-corrected chi connectivity index (χ1v) is 4.75. The van der Waals surface area contributed by atoms with Gasteiger partial charge in [-0.05, 0) is 20.8 Å². The second kappa shape index (κ2) is 2.94. The number of amides is 1. The van der Waals surface area contributed by atoms with E-state index < -0.39 is 17.3 Å². The molecular formula is C10H19NO3. The second-order valence-electron chi connectivity index (χ2n) is 5.09. The predicted molar refractivity (Wildman–Crippen MR) is 52.5 cm³/mol.